The average Bonchev–Trinajstić information content (AvgIpc) is 2.99. The first kappa shape index (κ1) is 17.2. The van der Waals surface area contributed by atoms with Crippen molar-refractivity contribution >= 4 is 34.2 Å². The molecule has 27 heavy (non-hydrogen) atoms. The normalized spacial score (nSPS) is 10.9. The van der Waals surface area contributed by atoms with Gasteiger partial charge in [0.25, 0.3) is 5.91 Å². The summed E-state index contributed by atoms with van der Waals surface area (Å²) in [5, 5.41) is 4.16. The minimum absolute atomic E-state index is 0.148. The van der Waals surface area contributed by atoms with E-state index in [9.17, 15) is 9.18 Å². The van der Waals surface area contributed by atoms with Crippen LogP contribution in [-0.4, -0.2) is 15.5 Å². The summed E-state index contributed by atoms with van der Waals surface area (Å²) in [6.07, 6.45) is 0. The highest BCUT2D eigenvalue weighted by Gasteiger charge is 2.14. The molecule has 2 heterocycles. The van der Waals surface area contributed by atoms with E-state index >= 15 is 0 Å². The van der Waals surface area contributed by atoms with Gasteiger partial charge in [0.2, 0.25) is 5.95 Å². The first-order valence-electron chi connectivity index (χ1n) is 8.31. The van der Waals surface area contributed by atoms with E-state index in [1.54, 1.807) is 36.4 Å². The Morgan fingerprint density at radius 1 is 1.07 bits per heavy atom. The van der Waals surface area contributed by atoms with Crippen LogP contribution in [0, 0.1) is 5.95 Å². The lowest BCUT2D eigenvalue weighted by molar-refractivity contribution is 0.102. The van der Waals surface area contributed by atoms with E-state index in [1.165, 1.54) is 0 Å². The summed E-state index contributed by atoms with van der Waals surface area (Å²) in [5.74, 6) is -0.874. The predicted octanol–water partition coefficient (Wildman–Crippen LogP) is 5.29. The van der Waals surface area contributed by atoms with E-state index in [1.807, 2.05) is 41.9 Å². The van der Waals surface area contributed by atoms with Crippen LogP contribution in [0.1, 0.15) is 10.4 Å². The van der Waals surface area contributed by atoms with E-state index < -0.39 is 5.95 Å². The molecule has 0 bridgehead atoms. The van der Waals surface area contributed by atoms with E-state index in [4.69, 9.17) is 11.6 Å². The summed E-state index contributed by atoms with van der Waals surface area (Å²) in [6.45, 7) is 0. The van der Waals surface area contributed by atoms with E-state index in [-0.39, 0.29) is 11.7 Å². The fourth-order valence-electron chi connectivity index (χ4n) is 3.03. The Balaban J connectivity index is 1.63. The number of rotatable bonds is 3. The second-order valence-corrected chi connectivity index (χ2v) is 6.58. The van der Waals surface area contributed by atoms with Crippen molar-refractivity contribution in [3.8, 4) is 11.3 Å². The minimum atomic E-state index is -0.644. The number of carbonyl (C=O) groups excluding carboxylic acids is 1. The number of fused-ring (bicyclic) bond motifs is 1. The van der Waals surface area contributed by atoms with Crippen molar-refractivity contribution in [2.75, 3.05) is 5.32 Å². The molecule has 4 nitrogen and oxygen atoms in total. The summed E-state index contributed by atoms with van der Waals surface area (Å²) in [5.41, 5.74) is 2.52. The zero-order valence-electron chi connectivity index (χ0n) is 14.4. The fourth-order valence-corrected chi connectivity index (χ4v) is 3.16. The van der Waals surface area contributed by atoms with Crippen molar-refractivity contribution in [1.82, 2.24) is 9.55 Å². The standard InChI is InChI=1S/C21H15ClFN3O/c1-26-17-5-3-2-4-14(17)12-18(26)16-10-11-19(24-20(16)23)25-21(27)13-6-8-15(22)9-7-13/h2-12H,1H3,(H,24,25,27). The zero-order valence-corrected chi connectivity index (χ0v) is 15.2. The van der Waals surface area contributed by atoms with Crippen LogP contribution in [0.3, 0.4) is 0 Å². The Morgan fingerprint density at radius 3 is 2.52 bits per heavy atom. The van der Waals surface area contributed by atoms with Crippen LogP contribution in [-0.2, 0) is 7.05 Å². The van der Waals surface area contributed by atoms with Crippen LogP contribution in [0.5, 0.6) is 0 Å². The number of aromatic nitrogens is 2. The van der Waals surface area contributed by atoms with Gasteiger partial charge < -0.3 is 9.88 Å². The average molecular weight is 380 g/mol. The van der Waals surface area contributed by atoms with Gasteiger partial charge in [0.15, 0.2) is 0 Å². The molecule has 0 radical (unpaired) electrons. The highest BCUT2D eigenvalue weighted by atomic mass is 35.5. The summed E-state index contributed by atoms with van der Waals surface area (Å²) < 4.78 is 16.6. The quantitative estimate of drug-likeness (QED) is 0.492. The molecule has 0 aliphatic carbocycles. The third-order valence-corrected chi connectivity index (χ3v) is 4.68. The molecular formula is C21H15ClFN3O. The van der Waals surface area contributed by atoms with Gasteiger partial charge in [-0.1, -0.05) is 29.8 Å². The fraction of sp³-hybridized carbons (Fsp3) is 0.0476. The Labute approximate surface area is 160 Å². The van der Waals surface area contributed by atoms with E-state index in [0.29, 0.717) is 16.1 Å². The van der Waals surface area contributed by atoms with Crippen LogP contribution in [0.25, 0.3) is 22.2 Å². The number of aryl methyl sites for hydroxylation is 1. The van der Waals surface area contributed by atoms with Crippen molar-refractivity contribution < 1.29 is 9.18 Å². The number of halogens is 2. The zero-order chi connectivity index (χ0) is 19.0. The molecule has 134 valence electrons. The Morgan fingerprint density at radius 2 is 1.81 bits per heavy atom. The van der Waals surface area contributed by atoms with Gasteiger partial charge >= 0.3 is 0 Å². The molecule has 0 unspecified atom stereocenters. The van der Waals surface area contributed by atoms with Gasteiger partial charge in [-0.2, -0.15) is 4.39 Å². The van der Waals surface area contributed by atoms with Crippen molar-refractivity contribution in [1.29, 1.82) is 0 Å². The number of hydrogen-bond donors (Lipinski definition) is 1. The van der Waals surface area contributed by atoms with Gasteiger partial charge in [0.05, 0.1) is 11.3 Å². The molecule has 2 aromatic heterocycles. The molecule has 1 amide bonds. The number of hydrogen-bond acceptors (Lipinski definition) is 2. The monoisotopic (exact) mass is 379 g/mol. The molecule has 0 aliphatic rings. The molecule has 0 spiro atoms. The minimum Gasteiger partial charge on any atom is -0.343 e. The number of benzene rings is 2. The third kappa shape index (κ3) is 3.29. The molecule has 0 fully saturated rings. The molecule has 4 aromatic rings. The van der Waals surface area contributed by atoms with E-state index in [0.717, 1.165) is 16.6 Å². The first-order chi connectivity index (χ1) is 13.0. The molecular weight excluding hydrogens is 365 g/mol. The highest BCUT2D eigenvalue weighted by molar-refractivity contribution is 6.30. The van der Waals surface area contributed by atoms with Crippen molar-refractivity contribution in [3.63, 3.8) is 0 Å². The third-order valence-electron chi connectivity index (χ3n) is 4.42. The van der Waals surface area contributed by atoms with Crippen molar-refractivity contribution in [2.24, 2.45) is 7.05 Å². The lowest BCUT2D eigenvalue weighted by Gasteiger charge is -2.08. The largest absolute Gasteiger partial charge is 0.343 e. The smallest absolute Gasteiger partial charge is 0.256 e. The van der Waals surface area contributed by atoms with Crippen LogP contribution >= 0.6 is 11.6 Å². The van der Waals surface area contributed by atoms with Gasteiger partial charge in [-0.15, -0.1) is 0 Å². The Kier molecular flexibility index (Phi) is 4.38. The molecule has 0 atom stereocenters. The maximum Gasteiger partial charge on any atom is 0.256 e. The lowest BCUT2D eigenvalue weighted by Crippen LogP contribution is -2.13. The maximum atomic E-state index is 14.7. The summed E-state index contributed by atoms with van der Waals surface area (Å²) in [4.78, 5) is 16.1. The molecule has 0 aliphatic heterocycles. The molecule has 4 rings (SSSR count). The van der Waals surface area contributed by atoms with Crippen molar-refractivity contribution in [2.45, 2.75) is 0 Å². The van der Waals surface area contributed by atoms with Gasteiger partial charge in [-0.3, -0.25) is 4.79 Å². The topological polar surface area (TPSA) is 46.9 Å². The highest BCUT2D eigenvalue weighted by Crippen LogP contribution is 2.29. The van der Waals surface area contributed by atoms with Crippen LogP contribution in [0.2, 0.25) is 5.02 Å². The number of nitrogens with zero attached hydrogens (tertiary/aromatic N) is 2. The van der Waals surface area contributed by atoms with Gasteiger partial charge in [0.1, 0.15) is 5.82 Å². The predicted molar refractivity (Wildman–Crippen MR) is 106 cm³/mol. The molecule has 6 heteroatoms. The molecule has 0 saturated carbocycles. The number of amides is 1. The second kappa shape index (κ2) is 6.85. The van der Waals surface area contributed by atoms with Crippen LogP contribution in [0.15, 0.2) is 66.7 Å². The Bertz CT molecular complexity index is 1150. The number of nitrogens with one attached hydrogen (secondary N) is 1. The lowest BCUT2D eigenvalue weighted by atomic mass is 10.2. The number of anilines is 1. The number of para-hydroxylation sites is 1. The Hall–Kier alpha value is -3.18. The van der Waals surface area contributed by atoms with Gasteiger partial charge in [-0.25, -0.2) is 4.98 Å². The molecule has 1 N–H and O–H groups in total. The number of carbonyl (C=O) groups is 1. The maximum absolute atomic E-state index is 14.7. The van der Waals surface area contributed by atoms with E-state index in [2.05, 4.69) is 10.3 Å². The van der Waals surface area contributed by atoms with Crippen LogP contribution < -0.4 is 5.32 Å². The van der Waals surface area contributed by atoms with Crippen molar-refractivity contribution in [3.05, 3.63) is 83.3 Å². The van der Waals surface area contributed by atoms with Crippen LogP contribution in [0.4, 0.5) is 10.2 Å². The SMILES string of the molecule is Cn1c(-c2ccc(NC(=O)c3ccc(Cl)cc3)nc2F)cc2ccccc21. The molecule has 0 saturated heterocycles. The first-order valence-corrected chi connectivity index (χ1v) is 8.69. The molecule has 2 aromatic carbocycles. The van der Waals surface area contributed by atoms with Gasteiger partial charge in [-0.05, 0) is 48.5 Å². The summed E-state index contributed by atoms with van der Waals surface area (Å²) in [7, 11) is 1.88. The van der Waals surface area contributed by atoms with Gasteiger partial charge in [0, 0.05) is 28.5 Å². The second-order valence-electron chi connectivity index (χ2n) is 6.14. The number of pyridine rings is 1. The summed E-state index contributed by atoms with van der Waals surface area (Å²) >= 11 is 5.82. The summed E-state index contributed by atoms with van der Waals surface area (Å²) in [6, 6.07) is 19.4.